The van der Waals surface area contributed by atoms with E-state index in [1.165, 1.54) is 6.07 Å². The first-order valence-electron chi connectivity index (χ1n) is 11.4. The minimum Gasteiger partial charge on any atom is -0.306 e. The monoisotopic (exact) mass is 528 g/mol. The number of hydrogen-bond donors (Lipinski definition) is 1. The van der Waals surface area contributed by atoms with Crippen LogP contribution in [-0.4, -0.2) is 39.2 Å². The Labute approximate surface area is 213 Å². The maximum atomic E-state index is 15.8. The summed E-state index contributed by atoms with van der Waals surface area (Å²) in [4.78, 5) is 11.7. The molecule has 0 spiro atoms. The van der Waals surface area contributed by atoms with Crippen LogP contribution in [0, 0.1) is 17.5 Å². The molecule has 1 saturated heterocycles. The third kappa shape index (κ3) is 5.07. The van der Waals surface area contributed by atoms with E-state index in [0.717, 1.165) is 59.6 Å². The van der Waals surface area contributed by atoms with Crippen LogP contribution in [0.15, 0.2) is 65.8 Å². The van der Waals surface area contributed by atoms with Gasteiger partial charge in [-0.2, -0.15) is 0 Å². The summed E-state index contributed by atoms with van der Waals surface area (Å²) < 4.78 is 58.7. The van der Waals surface area contributed by atoms with Gasteiger partial charge in [-0.05, 0) is 81.0 Å². The number of nitrogens with one attached hydrogen (secondary N) is 1. The van der Waals surface area contributed by atoms with Crippen molar-refractivity contribution in [1.29, 1.82) is 0 Å². The van der Waals surface area contributed by atoms with E-state index in [1.54, 1.807) is 35.9 Å². The summed E-state index contributed by atoms with van der Waals surface area (Å²) in [6.07, 6.45) is 5.31. The molecular formula is C26H23F3N4OS2. The third-order valence-corrected chi connectivity index (χ3v) is 8.59. The molecule has 1 N–H and O–H groups in total. The average Bonchev–Trinajstić information content (AvgIpc) is 3.33. The van der Waals surface area contributed by atoms with Gasteiger partial charge < -0.3 is 4.90 Å². The van der Waals surface area contributed by atoms with Crippen molar-refractivity contribution in [3.8, 4) is 21.7 Å². The summed E-state index contributed by atoms with van der Waals surface area (Å²) in [5.74, 6) is -1.96. The predicted octanol–water partition coefficient (Wildman–Crippen LogP) is 6.23. The Morgan fingerprint density at radius 1 is 1.06 bits per heavy atom. The van der Waals surface area contributed by atoms with Crippen molar-refractivity contribution in [2.75, 3.05) is 24.9 Å². The fourth-order valence-electron chi connectivity index (χ4n) is 4.22. The molecule has 1 fully saturated rings. The van der Waals surface area contributed by atoms with E-state index in [9.17, 15) is 13.0 Å². The van der Waals surface area contributed by atoms with Gasteiger partial charge in [0.15, 0.2) is 16.8 Å². The van der Waals surface area contributed by atoms with Gasteiger partial charge in [-0.1, -0.05) is 6.07 Å². The topological polar surface area (TPSA) is 58.1 Å². The second-order valence-corrected chi connectivity index (χ2v) is 10.9. The van der Waals surface area contributed by atoms with Crippen LogP contribution in [0.5, 0.6) is 0 Å². The van der Waals surface area contributed by atoms with Crippen LogP contribution >= 0.6 is 11.3 Å². The Kier molecular flexibility index (Phi) is 7.17. The second-order valence-electron chi connectivity index (χ2n) is 8.66. The molecule has 3 heterocycles. The quantitative estimate of drug-likeness (QED) is 0.322. The van der Waals surface area contributed by atoms with E-state index in [1.807, 2.05) is 12.1 Å². The zero-order chi connectivity index (χ0) is 25.2. The van der Waals surface area contributed by atoms with Crippen molar-refractivity contribution in [3.05, 3.63) is 83.4 Å². The maximum absolute atomic E-state index is 15.8. The van der Waals surface area contributed by atoms with E-state index in [4.69, 9.17) is 4.98 Å². The number of likely N-dealkylation sites (tertiary alicyclic amines) is 1. The van der Waals surface area contributed by atoms with Gasteiger partial charge in [-0.25, -0.2) is 22.4 Å². The number of benzene rings is 2. The second kappa shape index (κ2) is 10.5. The molecule has 2 aromatic heterocycles. The number of nitrogens with zero attached hydrogens (tertiary/aromatic N) is 3. The van der Waals surface area contributed by atoms with Crippen molar-refractivity contribution in [2.24, 2.45) is 0 Å². The van der Waals surface area contributed by atoms with Crippen LogP contribution in [0.1, 0.15) is 23.8 Å². The molecule has 5 nitrogen and oxygen atoms in total. The van der Waals surface area contributed by atoms with Gasteiger partial charge in [-0.15, -0.1) is 11.3 Å². The highest BCUT2D eigenvalue weighted by molar-refractivity contribution is 7.86. The van der Waals surface area contributed by atoms with Gasteiger partial charge in [0.1, 0.15) is 11.6 Å². The van der Waals surface area contributed by atoms with Crippen molar-refractivity contribution in [2.45, 2.75) is 23.7 Å². The van der Waals surface area contributed by atoms with Gasteiger partial charge >= 0.3 is 0 Å². The molecule has 1 aliphatic heterocycles. The van der Waals surface area contributed by atoms with Crippen LogP contribution in [0.3, 0.4) is 0 Å². The molecule has 1 aliphatic rings. The van der Waals surface area contributed by atoms with E-state index in [2.05, 4.69) is 21.7 Å². The van der Waals surface area contributed by atoms with Gasteiger partial charge in [0.05, 0.1) is 26.2 Å². The molecule has 2 aromatic carbocycles. The molecule has 10 heteroatoms. The summed E-state index contributed by atoms with van der Waals surface area (Å²) in [5.41, 5.74) is 1.51. The molecule has 1 unspecified atom stereocenters. The smallest absolute Gasteiger partial charge is 0.156 e. The molecule has 36 heavy (non-hydrogen) atoms. The molecule has 5 rings (SSSR count). The summed E-state index contributed by atoms with van der Waals surface area (Å²) in [7, 11) is -0.114. The first kappa shape index (κ1) is 24.6. The molecule has 0 aliphatic carbocycles. The molecule has 0 bridgehead atoms. The predicted molar refractivity (Wildman–Crippen MR) is 137 cm³/mol. The van der Waals surface area contributed by atoms with E-state index in [-0.39, 0.29) is 17.2 Å². The lowest BCUT2D eigenvalue weighted by Crippen LogP contribution is -2.29. The van der Waals surface area contributed by atoms with Crippen molar-refractivity contribution in [3.63, 3.8) is 0 Å². The first-order valence-corrected chi connectivity index (χ1v) is 13.4. The zero-order valence-corrected chi connectivity index (χ0v) is 21.0. The Morgan fingerprint density at radius 3 is 2.56 bits per heavy atom. The first-order chi connectivity index (χ1) is 17.4. The lowest BCUT2D eigenvalue weighted by Gasteiger charge is -2.27. The number of halogens is 3. The van der Waals surface area contributed by atoms with Crippen LogP contribution in [0.2, 0.25) is 0 Å². The zero-order valence-electron chi connectivity index (χ0n) is 19.4. The number of thiazole rings is 1. The minimum atomic E-state index is -2.21. The Balaban J connectivity index is 1.53. The number of pyridine rings is 1. The number of piperidine rings is 1. The highest BCUT2D eigenvalue weighted by Gasteiger charge is 2.26. The lowest BCUT2D eigenvalue weighted by atomic mass is 9.98. The molecule has 186 valence electrons. The lowest BCUT2D eigenvalue weighted by molar-refractivity contribution is 0.255. The Hall–Kier alpha value is -3.08. The van der Waals surface area contributed by atoms with E-state index in [0.29, 0.717) is 5.69 Å². The minimum absolute atomic E-state index is 0.0935. The Bertz CT molecular complexity index is 1410. The molecule has 1 atom stereocenters. The van der Waals surface area contributed by atoms with Crippen LogP contribution in [0.4, 0.5) is 18.9 Å². The largest absolute Gasteiger partial charge is 0.306 e. The molecule has 4 aromatic rings. The van der Waals surface area contributed by atoms with E-state index >= 15 is 4.39 Å². The average molecular weight is 529 g/mol. The summed E-state index contributed by atoms with van der Waals surface area (Å²) >= 11 is 1.55. The van der Waals surface area contributed by atoms with Crippen LogP contribution in [-0.2, 0) is 11.0 Å². The Morgan fingerprint density at radius 2 is 1.81 bits per heavy atom. The summed E-state index contributed by atoms with van der Waals surface area (Å²) in [6.45, 7) is 1.95. The highest BCUT2D eigenvalue weighted by Crippen LogP contribution is 2.42. The SMILES string of the molecule is CN1CCC(c2nc(-c3cccc(NS(=O)c4cc(F)ccc4F)c3F)c(-c3ccncc3)s2)CC1. The molecule has 0 amide bonds. The maximum Gasteiger partial charge on any atom is 0.156 e. The van der Waals surface area contributed by atoms with Crippen molar-refractivity contribution in [1.82, 2.24) is 14.9 Å². The third-order valence-electron chi connectivity index (χ3n) is 6.20. The molecular weight excluding hydrogens is 505 g/mol. The van der Waals surface area contributed by atoms with Crippen molar-refractivity contribution >= 4 is 28.0 Å². The summed E-state index contributed by atoms with van der Waals surface area (Å²) in [5, 5.41) is 0.952. The standard InChI is InChI=1S/C26H23F3N4OS2/c1-33-13-9-17(10-14-33)26-31-24(25(35-26)16-7-11-30-12-8-16)19-3-2-4-21(23(19)29)32-36(34)22-15-18(27)5-6-20(22)28/h2-8,11-12,15,17,32H,9-10,13-14H2,1H3. The number of aromatic nitrogens is 2. The van der Waals surface area contributed by atoms with E-state index < -0.39 is 33.3 Å². The molecule has 0 radical (unpaired) electrons. The van der Waals surface area contributed by atoms with Gasteiger partial charge in [-0.3, -0.25) is 9.71 Å². The summed E-state index contributed by atoms with van der Waals surface area (Å²) in [6, 6.07) is 11.0. The fourth-order valence-corrected chi connectivity index (χ4v) is 6.40. The van der Waals surface area contributed by atoms with Crippen LogP contribution in [0.25, 0.3) is 21.7 Å². The van der Waals surface area contributed by atoms with Crippen molar-refractivity contribution < 1.29 is 17.4 Å². The fraction of sp³-hybridized carbons (Fsp3) is 0.231. The number of hydrogen-bond acceptors (Lipinski definition) is 5. The molecule has 0 saturated carbocycles. The highest BCUT2D eigenvalue weighted by atomic mass is 32.2. The van der Waals surface area contributed by atoms with Crippen LogP contribution < -0.4 is 4.72 Å². The van der Waals surface area contributed by atoms with Gasteiger partial charge in [0, 0.05) is 23.9 Å². The normalized spacial score (nSPS) is 15.7. The van der Waals surface area contributed by atoms with Gasteiger partial charge in [0.25, 0.3) is 0 Å². The van der Waals surface area contributed by atoms with Gasteiger partial charge in [0.2, 0.25) is 0 Å². The number of rotatable bonds is 6. The number of anilines is 1.